The summed E-state index contributed by atoms with van der Waals surface area (Å²) < 4.78 is 10.3. The highest BCUT2D eigenvalue weighted by Gasteiger charge is 2.27. The maximum absolute atomic E-state index is 11.8. The van der Waals surface area contributed by atoms with Crippen LogP contribution in [-0.2, 0) is 27.4 Å². The lowest BCUT2D eigenvalue weighted by atomic mass is 9.97. The third-order valence-electron chi connectivity index (χ3n) is 4.41. The van der Waals surface area contributed by atoms with Gasteiger partial charge in [-0.2, -0.15) is 0 Å². The van der Waals surface area contributed by atoms with Crippen molar-refractivity contribution in [2.24, 2.45) is 10.9 Å². The Kier molecular flexibility index (Phi) is 7.73. The van der Waals surface area contributed by atoms with Crippen molar-refractivity contribution >= 4 is 11.9 Å². The number of aliphatic imine (C=N–C) groups is 1. The predicted molar refractivity (Wildman–Crippen MR) is 98.3 cm³/mol. The molecule has 0 radical (unpaired) electrons. The number of carbonyl (C=O) groups is 1. The molecular formula is C19H29N3O3. The minimum Gasteiger partial charge on any atom is -0.466 e. The normalized spacial score (nSPS) is 16.0. The summed E-state index contributed by atoms with van der Waals surface area (Å²) >= 11 is 0. The Morgan fingerprint density at radius 3 is 2.44 bits per heavy atom. The number of ether oxygens (including phenoxy) is 2. The summed E-state index contributed by atoms with van der Waals surface area (Å²) in [7, 11) is 3.49. The Hall–Kier alpha value is -2.08. The van der Waals surface area contributed by atoms with Gasteiger partial charge in [0.05, 0.1) is 19.1 Å². The molecule has 1 fully saturated rings. The first-order valence-electron chi connectivity index (χ1n) is 8.87. The zero-order valence-corrected chi connectivity index (χ0v) is 15.5. The lowest BCUT2D eigenvalue weighted by Crippen LogP contribution is -2.46. The molecule has 1 saturated heterocycles. The van der Waals surface area contributed by atoms with Gasteiger partial charge in [0.2, 0.25) is 0 Å². The summed E-state index contributed by atoms with van der Waals surface area (Å²) in [4.78, 5) is 18.4. The summed E-state index contributed by atoms with van der Waals surface area (Å²) in [5, 5.41) is 3.40. The number of likely N-dealkylation sites (tertiary alicyclic amines) is 1. The number of rotatable bonds is 6. The SMILES string of the molecule is CCOC(=O)C1CCN(C(=NC)NCc2ccc(COC)cc2)CC1. The van der Waals surface area contributed by atoms with Crippen LogP contribution in [-0.4, -0.2) is 50.7 Å². The number of carbonyl (C=O) groups excluding carboxylic acids is 1. The van der Waals surface area contributed by atoms with Crippen molar-refractivity contribution in [2.45, 2.75) is 32.9 Å². The van der Waals surface area contributed by atoms with Crippen LogP contribution in [0.5, 0.6) is 0 Å². The van der Waals surface area contributed by atoms with Crippen LogP contribution in [0.2, 0.25) is 0 Å². The molecule has 1 aliphatic heterocycles. The van der Waals surface area contributed by atoms with E-state index in [4.69, 9.17) is 9.47 Å². The molecule has 6 nitrogen and oxygen atoms in total. The fraction of sp³-hybridized carbons (Fsp3) is 0.579. The van der Waals surface area contributed by atoms with E-state index in [1.165, 1.54) is 5.56 Å². The first-order valence-corrected chi connectivity index (χ1v) is 8.87. The van der Waals surface area contributed by atoms with Crippen molar-refractivity contribution in [3.05, 3.63) is 35.4 Å². The fourth-order valence-corrected chi connectivity index (χ4v) is 3.02. The van der Waals surface area contributed by atoms with Gasteiger partial charge in [-0.3, -0.25) is 9.79 Å². The monoisotopic (exact) mass is 347 g/mol. The molecule has 0 amide bonds. The van der Waals surface area contributed by atoms with Gasteiger partial charge in [0.1, 0.15) is 0 Å². The molecule has 1 aliphatic rings. The molecule has 138 valence electrons. The van der Waals surface area contributed by atoms with Crippen LogP contribution < -0.4 is 5.32 Å². The Bertz CT molecular complexity index is 564. The Morgan fingerprint density at radius 2 is 1.88 bits per heavy atom. The first-order chi connectivity index (χ1) is 12.2. The van der Waals surface area contributed by atoms with Gasteiger partial charge in [-0.1, -0.05) is 24.3 Å². The topological polar surface area (TPSA) is 63.2 Å². The van der Waals surface area contributed by atoms with Crippen LogP contribution in [0, 0.1) is 5.92 Å². The molecule has 0 aliphatic carbocycles. The number of hydrogen-bond acceptors (Lipinski definition) is 4. The van der Waals surface area contributed by atoms with Crippen molar-refractivity contribution in [1.82, 2.24) is 10.2 Å². The highest BCUT2D eigenvalue weighted by atomic mass is 16.5. The van der Waals surface area contributed by atoms with Crippen LogP contribution in [0.4, 0.5) is 0 Å². The second-order valence-corrected chi connectivity index (χ2v) is 6.16. The minimum absolute atomic E-state index is 0.0163. The van der Waals surface area contributed by atoms with Gasteiger partial charge in [-0.25, -0.2) is 0 Å². The van der Waals surface area contributed by atoms with E-state index in [1.807, 2.05) is 6.92 Å². The van der Waals surface area contributed by atoms with Crippen molar-refractivity contribution in [1.29, 1.82) is 0 Å². The maximum atomic E-state index is 11.8. The standard InChI is InChI=1S/C19H29N3O3/c1-4-25-18(23)17-9-11-22(12-10-17)19(20-2)21-13-15-5-7-16(8-6-15)14-24-3/h5-8,17H,4,9-14H2,1-3H3,(H,20,21). The molecule has 1 N–H and O–H groups in total. The molecule has 25 heavy (non-hydrogen) atoms. The van der Waals surface area contributed by atoms with Crippen LogP contribution in [0.25, 0.3) is 0 Å². The quantitative estimate of drug-likeness (QED) is 0.485. The summed E-state index contributed by atoms with van der Waals surface area (Å²) in [5.74, 6) is 0.826. The fourth-order valence-electron chi connectivity index (χ4n) is 3.02. The molecule has 0 spiro atoms. The lowest BCUT2D eigenvalue weighted by Gasteiger charge is -2.33. The zero-order chi connectivity index (χ0) is 18.1. The molecule has 1 heterocycles. The van der Waals surface area contributed by atoms with Gasteiger partial charge < -0.3 is 19.7 Å². The Balaban J connectivity index is 1.82. The van der Waals surface area contributed by atoms with Gasteiger partial charge in [0, 0.05) is 33.8 Å². The molecule has 2 rings (SSSR count). The van der Waals surface area contributed by atoms with Crippen molar-refractivity contribution in [2.75, 3.05) is 33.9 Å². The Labute approximate surface area is 150 Å². The van der Waals surface area contributed by atoms with E-state index in [9.17, 15) is 4.79 Å². The molecule has 0 saturated carbocycles. The van der Waals surface area contributed by atoms with Gasteiger partial charge in [0.25, 0.3) is 0 Å². The second-order valence-electron chi connectivity index (χ2n) is 6.16. The van der Waals surface area contributed by atoms with Crippen LogP contribution in [0.3, 0.4) is 0 Å². The first kappa shape index (κ1) is 19.2. The largest absolute Gasteiger partial charge is 0.466 e. The summed E-state index contributed by atoms with van der Waals surface area (Å²) in [6, 6.07) is 8.35. The molecule has 1 aromatic carbocycles. The number of esters is 1. The number of benzene rings is 1. The van der Waals surface area contributed by atoms with Crippen molar-refractivity contribution in [3.63, 3.8) is 0 Å². The van der Waals surface area contributed by atoms with Crippen molar-refractivity contribution in [3.8, 4) is 0 Å². The number of guanidine groups is 1. The van der Waals surface area contributed by atoms with Crippen LogP contribution >= 0.6 is 0 Å². The third-order valence-corrected chi connectivity index (χ3v) is 4.41. The number of piperidine rings is 1. The zero-order valence-electron chi connectivity index (χ0n) is 15.5. The molecule has 0 bridgehead atoms. The highest BCUT2D eigenvalue weighted by molar-refractivity contribution is 5.80. The molecule has 0 aromatic heterocycles. The number of methoxy groups -OCH3 is 1. The highest BCUT2D eigenvalue weighted by Crippen LogP contribution is 2.18. The Morgan fingerprint density at radius 1 is 1.24 bits per heavy atom. The van der Waals surface area contributed by atoms with Gasteiger partial charge in [-0.05, 0) is 30.9 Å². The number of nitrogens with one attached hydrogen (secondary N) is 1. The smallest absolute Gasteiger partial charge is 0.309 e. The van der Waals surface area contributed by atoms with E-state index in [-0.39, 0.29) is 11.9 Å². The van der Waals surface area contributed by atoms with E-state index in [0.29, 0.717) is 13.2 Å². The van der Waals surface area contributed by atoms with E-state index in [2.05, 4.69) is 39.5 Å². The van der Waals surface area contributed by atoms with E-state index in [1.54, 1.807) is 14.2 Å². The van der Waals surface area contributed by atoms with E-state index < -0.39 is 0 Å². The van der Waals surface area contributed by atoms with Gasteiger partial charge in [-0.15, -0.1) is 0 Å². The van der Waals surface area contributed by atoms with Crippen molar-refractivity contribution < 1.29 is 14.3 Å². The predicted octanol–water partition coefficient (Wildman–Crippen LogP) is 2.18. The average molecular weight is 347 g/mol. The number of nitrogens with zero attached hydrogens (tertiary/aromatic N) is 2. The second kappa shape index (κ2) is 10.0. The number of hydrogen-bond donors (Lipinski definition) is 1. The van der Waals surface area contributed by atoms with E-state index in [0.717, 1.165) is 44.0 Å². The van der Waals surface area contributed by atoms with Gasteiger partial charge in [0.15, 0.2) is 5.96 Å². The molecule has 1 aromatic rings. The molecule has 0 atom stereocenters. The summed E-state index contributed by atoms with van der Waals surface area (Å²) in [5.41, 5.74) is 2.36. The lowest BCUT2D eigenvalue weighted by molar-refractivity contribution is -0.149. The molecular weight excluding hydrogens is 318 g/mol. The van der Waals surface area contributed by atoms with E-state index >= 15 is 0 Å². The molecule has 6 heteroatoms. The van der Waals surface area contributed by atoms with Crippen LogP contribution in [0.15, 0.2) is 29.3 Å². The summed E-state index contributed by atoms with van der Waals surface area (Å²) in [6.07, 6.45) is 1.62. The van der Waals surface area contributed by atoms with Gasteiger partial charge >= 0.3 is 5.97 Å². The minimum atomic E-state index is -0.0683. The maximum Gasteiger partial charge on any atom is 0.309 e. The summed E-state index contributed by atoms with van der Waals surface area (Å²) in [6.45, 7) is 5.28. The molecule has 0 unspecified atom stereocenters. The average Bonchev–Trinajstić information content (AvgIpc) is 2.64. The third kappa shape index (κ3) is 5.74. The van der Waals surface area contributed by atoms with Crippen LogP contribution in [0.1, 0.15) is 30.9 Å².